The number of hydrogen-bond donors (Lipinski definition) is 2. The van der Waals surface area contributed by atoms with E-state index < -0.39 is 0 Å². The molecule has 2 aromatic heterocycles. The van der Waals surface area contributed by atoms with E-state index in [1.165, 1.54) is 6.33 Å². The van der Waals surface area contributed by atoms with Gasteiger partial charge in [-0.05, 0) is 48.9 Å². The summed E-state index contributed by atoms with van der Waals surface area (Å²) in [6.45, 7) is 2.04. The third-order valence-electron chi connectivity index (χ3n) is 4.90. The fraction of sp³-hybridized carbons (Fsp3) is 0.0833. The maximum Gasteiger partial charge on any atom is 0.230 e. The normalized spacial score (nSPS) is 10.8. The standard InChI is InChI=1S/C24H20N6O2/c1-15-5-3-7-17(11-15)27-24-28-22(29-30-24)16-6-4-8-19(12-16)32-23-20-10-9-18(31-2)13-21(20)25-14-26-23/h3-14H,1-2H3,(H2,27,28,29,30). The highest BCUT2D eigenvalue weighted by molar-refractivity contribution is 5.84. The number of hydrogen-bond acceptors (Lipinski definition) is 7. The molecular weight excluding hydrogens is 404 g/mol. The lowest BCUT2D eigenvalue weighted by atomic mass is 10.2. The largest absolute Gasteiger partial charge is 0.497 e. The van der Waals surface area contributed by atoms with Gasteiger partial charge in [0.05, 0.1) is 18.0 Å². The van der Waals surface area contributed by atoms with Crippen LogP contribution in [-0.4, -0.2) is 32.3 Å². The molecule has 0 spiro atoms. The van der Waals surface area contributed by atoms with Crippen molar-refractivity contribution >= 4 is 22.5 Å². The van der Waals surface area contributed by atoms with Crippen molar-refractivity contribution < 1.29 is 9.47 Å². The Labute approximate surface area is 184 Å². The van der Waals surface area contributed by atoms with E-state index in [0.29, 0.717) is 23.4 Å². The zero-order valence-corrected chi connectivity index (χ0v) is 17.5. The summed E-state index contributed by atoms with van der Waals surface area (Å²) in [6.07, 6.45) is 1.47. The molecule has 0 saturated heterocycles. The third kappa shape index (κ3) is 4.06. The first-order chi connectivity index (χ1) is 15.7. The lowest BCUT2D eigenvalue weighted by Crippen LogP contribution is -1.93. The van der Waals surface area contributed by atoms with Crippen molar-refractivity contribution in [3.05, 3.63) is 78.6 Å². The Morgan fingerprint density at radius 3 is 2.66 bits per heavy atom. The van der Waals surface area contributed by atoms with Crippen LogP contribution in [0.25, 0.3) is 22.3 Å². The average molecular weight is 424 g/mol. The highest BCUT2D eigenvalue weighted by atomic mass is 16.5. The summed E-state index contributed by atoms with van der Waals surface area (Å²) < 4.78 is 11.3. The van der Waals surface area contributed by atoms with Crippen LogP contribution in [-0.2, 0) is 0 Å². The predicted molar refractivity (Wildman–Crippen MR) is 122 cm³/mol. The lowest BCUT2D eigenvalue weighted by molar-refractivity contribution is 0.415. The van der Waals surface area contributed by atoms with Gasteiger partial charge in [-0.25, -0.2) is 9.97 Å². The number of fused-ring (bicyclic) bond motifs is 1. The van der Waals surface area contributed by atoms with Crippen LogP contribution in [0, 0.1) is 6.92 Å². The summed E-state index contributed by atoms with van der Waals surface area (Å²) in [6, 6.07) is 21.2. The number of methoxy groups -OCH3 is 1. The molecule has 0 amide bonds. The lowest BCUT2D eigenvalue weighted by Gasteiger charge is -2.09. The number of anilines is 2. The average Bonchev–Trinajstić information content (AvgIpc) is 3.27. The van der Waals surface area contributed by atoms with Crippen molar-refractivity contribution in [3.63, 3.8) is 0 Å². The highest BCUT2D eigenvalue weighted by Gasteiger charge is 2.10. The van der Waals surface area contributed by atoms with E-state index in [1.54, 1.807) is 7.11 Å². The number of rotatable bonds is 6. The number of aromatic amines is 1. The molecule has 3 aromatic carbocycles. The molecule has 0 aliphatic carbocycles. The van der Waals surface area contributed by atoms with Crippen molar-refractivity contribution in [2.45, 2.75) is 6.92 Å². The van der Waals surface area contributed by atoms with Gasteiger partial charge in [0.25, 0.3) is 0 Å². The molecule has 8 nitrogen and oxygen atoms in total. The first-order valence-electron chi connectivity index (χ1n) is 10.0. The summed E-state index contributed by atoms with van der Waals surface area (Å²) in [4.78, 5) is 11.8. The fourth-order valence-corrected chi connectivity index (χ4v) is 3.35. The molecule has 0 unspecified atom stereocenters. The summed E-state index contributed by atoms with van der Waals surface area (Å²) >= 11 is 0. The molecule has 32 heavy (non-hydrogen) atoms. The smallest absolute Gasteiger partial charge is 0.230 e. The molecule has 158 valence electrons. The van der Waals surface area contributed by atoms with Crippen LogP contribution in [0.3, 0.4) is 0 Å². The topological polar surface area (TPSA) is 97.8 Å². The molecule has 2 heterocycles. The Balaban J connectivity index is 1.39. The molecule has 0 aliphatic heterocycles. The van der Waals surface area contributed by atoms with Gasteiger partial charge >= 0.3 is 0 Å². The van der Waals surface area contributed by atoms with Gasteiger partial charge in [0, 0.05) is 17.3 Å². The number of benzene rings is 3. The van der Waals surface area contributed by atoms with Gasteiger partial charge in [0.1, 0.15) is 17.8 Å². The van der Waals surface area contributed by atoms with Crippen LogP contribution in [0.2, 0.25) is 0 Å². The molecule has 0 bridgehead atoms. The van der Waals surface area contributed by atoms with Crippen molar-refractivity contribution in [1.29, 1.82) is 0 Å². The van der Waals surface area contributed by atoms with Crippen LogP contribution in [0.5, 0.6) is 17.4 Å². The van der Waals surface area contributed by atoms with E-state index in [9.17, 15) is 0 Å². The number of nitrogens with zero attached hydrogens (tertiary/aromatic N) is 4. The van der Waals surface area contributed by atoms with E-state index in [0.717, 1.165) is 33.5 Å². The van der Waals surface area contributed by atoms with Crippen molar-refractivity contribution in [3.8, 4) is 28.8 Å². The minimum Gasteiger partial charge on any atom is -0.497 e. The number of H-pyrrole nitrogens is 1. The maximum absolute atomic E-state index is 6.07. The van der Waals surface area contributed by atoms with E-state index >= 15 is 0 Å². The molecule has 5 rings (SSSR count). The highest BCUT2D eigenvalue weighted by Crippen LogP contribution is 2.30. The second-order valence-corrected chi connectivity index (χ2v) is 7.21. The summed E-state index contributed by atoms with van der Waals surface area (Å²) in [7, 11) is 1.62. The van der Waals surface area contributed by atoms with Gasteiger partial charge < -0.3 is 19.8 Å². The van der Waals surface area contributed by atoms with Crippen LogP contribution in [0.4, 0.5) is 11.6 Å². The summed E-state index contributed by atoms with van der Waals surface area (Å²) in [5.41, 5.74) is 3.69. The van der Waals surface area contributed by atoms with E-state index in [-0.39, 0.29) is 0 Å². The second-order valence-electron chi connectivity index (χ2n) is 7.21. The number of aryl methyl sites for hydroxylation is 1. The SMILES string of the molecule is COc1ccc2c(Oc3cccc(-c4nnc(Nc5cccc(C)c5)[nH]4)c3)ncnc2c1. The first-order valence-corrected chi connectivity index (χ1v) is 10.0. The summed E-state index contributed by atoms with van der Waals surface area (Å²) in [5, 5.41) is 12.5. The summed E-state index contributed by atoms with van der Waals surface area (Å²) in [5.74, 6) is 3.01. The Morgan fingerprint density at radius 2 is 1.78 bits per heavy atom. The molecule has 0 radical (unpaired) electrons. The zero-order chi connectivity index (χ0) is 21.9. The third-order valence-corrected chi connectivity index (χ3v) is 4.90. The number of nitrogens with one attached hydrogen (secondary N) is 2. The number of ether oxygens (including phenoxy) is 2. The minimum atomic E-state index is 0.467. The fourth-order valence-electron chi connectivity index (χ4n) is 3.35. The van der Waals surface area contributed by atoms with Gasteiger partial charge in [-0.3, -0.25) is 0 Å². The Bertz CT molecular complexity index is 1400. The Morgan fingerprint density at radius 1 is 0.875 bits per heavy atom. The van der Waals surface area contributed by atoms with Crippen molar-refractivity contribution in [2.24, 2.45) is 0 Å². The molecule has 5 aromatic rings. The predicted octanol–water partition coefficient (Wildman–Crippen LogP) is 5.27. The Kier molecular flexibility index (Phi) is 5.09. The van der Waals surface area contributed by atoms with Crippen molar-refractivity contribution in [1.82, 2.24) is 25.1 Å². The van der Waals surface area contributed by atoms with Gasteiger partial charge in [-0.15, -0.1) is 10.2 Å². The van der Waals surface area contributed by atoms with Gasteiger partial charge in [0.15, 0.2) is 5.82 Å². The van der Waals surface area contributed by atoms with Crippen LogP contribution >= 0.6 is 0 Å². The molecule has 0 fully saturated rings. The quantitative estimate of drug-likeness (QED) is 0.383. The van der Waals surface area contributed by atoms with Gasteiger partial charge in [0.2, 0.25) is 11.8 Å². The molecule has 0 aliphatic rings. The van der Waals surface area contributed by atoms with E-state index in [1.807, 2.05) is 73.7 Å². The second kappa shape index (κ2) is 8.35. The van der Waals surface area contributed by atoms with Gasteiger partial charge in [-0.2, -0.15) is 0 Å². The molecule has 0 atom stereocenters. The Hall–Kier alpha value is -4.46. The molecule has 8 heteroatoms. The first kappa shape index (κ1) is 19.5. The molecule has 2 N–H and O–H groups in total. The molecular formula is C24H20N6O2. The van der Waals surface area contributed by atoms with Gasteiger partial charge in [-0.1, -0.05) is 24.3 Å². The maximum atomic E-state index is 6.07. The number of aromatic nitrogens is 5. The van der Waals surface area contributed by atoms with Crippen LogP contribution in [0.15, 0.2) is 73.1 Å². The van der Waals surface area contributed by atoms with Crippen molar-refractivity contribution in [2.75, 3.05) is 12.4 Å². The van der Waals surface area contributed by atoms with E-state index in [2.05, 4.69) is 30.5 Å². The zero-order valence-electron chi connectivity index (χ0n) is 17.5. The van der Waals surface area contributed by atoms with E-state index in [4.69, 9.17) is 9.47 Å². The monoisotopic (exact) mass is 424 g/mol. The minimum absolute atomic E-state index is 0.467. The van der Waals surface area contributed by atoms with Crippen LogP contribution in [0.1, 0.15) is 5.56 Å². The molecule has 0 saturated carbocycles. The van der Waals surface area contributed by atoms with Crippen LogP contribution < -0.4 is 14.8 Å².